The molecule has 2 heteroatoms. The zero-order valence-electron chi connectivity index (χ0n) is 8.34. The molecule has 1 aliphatic rings. The van der Waals surface area contributed by atoms with Crippen molar-refractivity contribution >= 4 is 0 Å². The van der Waals surface area contributed by atoms with Crippen molar-refractivity contribution in [2.45, 2.75) is 45.6 Å². The molecule has 1 saturated carbocycles. The standard InChI is InChI=1S/C10H22N2/c1-10(2)6-8(3-4-11)5-9(12)7-10/h8-9H,3-7,11-12H2,1-2H3. The highest BCUT2D eigenvalue weighted by Gasteiger charge is 2.31. The maximum atomic E-state index is 5.99. The van der Waals surface area contributed by atoms with E-state index in [0.717, 1.165) is 18.9 Å². The summed E-state index contributed by atoms with van der Waals surface area (Å²) >= 11 is 0. The second-order valence-electron chi connectivity index (χ2n) is 5.01. The topological polar surface area (TPSA) is 52.0 Å². The van der Waals surface area contributed by atoms with Crippen LogP contribution in [-0.2, 0) is 0 Å². The van der Waals surface area contributed by atoms with Crippen molar-refractivity contribution in [2.24, 2.45) is 22.8 Å². The van der Waals surface area contributed by atoms with Crippen LogP contribution in [0.25, 0.3) is 0 Å². The summed E-state index contributed by atoms with van der Waals surface area (Å²) < 4.78 is 0. The molecule has 0 aromatic carbocycles. The predicted molar refractivity (Wildman–Crippen MR) is 52.8 cm³/mol. The van der Waals surface area contributed by atoms with Crippen LogP contribution < -0.4 is 11.5 Å². The first kappa shape index (κ1) is 10.0. The predicted octanol–water partition coefficient (Wildman–Crippen LogP) is 1.49. The molecule has 2 atom stereocenters. The normalized spacial score (nSPS) is 35.0. The van der Waals surface area contributed by atoms with Gasteiger partial charge < -0.3 is 11.5 Å². The van der Waals surface area contributed by atoms with E-state index in [-0.39, 0.29) is 0 Å². The van der Waals surface area contributed by atoms with Crippen molar-refractivity contribution in [1.82, 2.24) is 0 Å². The van der Waals surface area contributed by atoms with Crippen molar-refractivity contribution in [3.8, 4) is 0 Å². The van der Waals surface area contributed by atoms with Crippen LogP contribution in [-0.4, -0.2) is 12.6 Å². The largest absolute Gasteiger partial charge is 0.330 e. The van der Waals surface area contributed by atoms with Gasteiger partial charge in [-0.3, -0.25) is 0 Å². The van der Waals surface area contributed by atoms with Crippen LogP contribution in [0.1, 0.15) is 39.5 Å². The molecule has 2 unspecified atom stereocenters. The van der Waals surface area contributed by atoms with Gasteiger partial charge in [-0.05, 0) is 43.6 Å². The molecule has 1 fully saturated rings. The van der Waals surface area contributed by atoms with Gasteiger partial charge in [-0.25, -0.2) is 0 Å². The average molecular weight is 170 g/mol. The lowest BCUT2D eigenvalue weighted by molar-refractivity contribution is 0.155. The number of hydrogen-bond acceptors (Lipinski definition) is 2. The van der Waals surface area contributed by atoms with Crippen LogP contribution in [0.3, 0.4) is 0 Å². The highest BCUT2D eigenvalue weighted by molar-refractivity contribution is 4.86. The molecule has 1 aliphatic carbocycles. The fraction of sp³-hybridized carbons (Fsp3) is 1.00. The summed E-state index contributed by atoms with van der Waals surface area (Å²) in [6.07, 6.45) is 4.81. The van der Waals surface area contributed by atoms with E-state index in [1.165, 1.54) is 19.3 Å². The van der Waals surface area contributed by atoms with E-state index in [9.17, 15) is 0 Å². The van der Waals surface area contributed by atoms with E-state index >= 15 is 0 Å². The summed E-state index contributed by atoms with van der Waals surface area (Å²) in [6.45, 7) is 5.44. The Morgan fingerprint density at radius 1 is 1.33 bits per heavy atom. The van der Waals surface area contributed by atoms with Crippen molar-refractivity contribution < 1.29 is 0 Å². The van der Waals surface area contributed by atoms with Gasteiger partial charge in [0.1, 0.15) is 0 Å². The van der Waals surface area contributed by atoms with E-state index in [1.54, 1.807) is 0 Å². The quantitative estimate of drug-likeness (QED) is 0.659. The maximum absolute atomic E-state index is 5.99. The van der Waals surface area contributed by atoms with E-state index in [2.05, 4.69) is 13.8 Å². The molecule has 0 radical (unpaired) electrons. The fourth-order valence-corrected chi connectivity index (χ4v) is 2.63. The zero-order chi connectivity index (χ0) is 9.19. The number of hydrogen-bond donors (Lipinski definition) is 2. The van der Waals surface area contributed by atoms with Crippen LogP contribution in [0, 0.1) is 11.3 Å². The smallest absolute Gasteiger partial charge is 0.00465 e. The number of nitrogens with two attached hydrogens (primary N) is 2. The highest BCUT2D eigenvalue weighted by Crippen LogP contribution is 2.38. The summed E-state index contributed by atoms with van der Waals surface area (Å²) in [7, 11) is 0. The second-order valence-corrected chi connectivity index (χ2v) is 5.01. The first-order chi connectivity index (χ1) is 5.53. The molecule has 0 spiro atoms. The van der Waals surface area contributed by atoms with Crippen LogP contribution in [0.15, 0.2) is 0 Å². The van der Waals surface area contributed by atoms with E-state index in [1.807, 2.05) is 0 Å². The minimum Gasteiger partial charge on any atom is -0.330 e. The van der Waals surface area contributed by atoms with E-state index < -0.39 is 0 Å². The van der Waals surface area contributed by atoms with Gasteiger partial charge in [0.2, 0.25) is 0 Å². The van der Waals surface area contributed by atoms with Gasteiger partial charge in [0, 0.05) is 6.04 Å². The Morgan fingerprint density at radius 3 is 2.50 bits per heavy atom. The molecule has 2 nitrogen and oxygen atoms in total. The summed E-state index contributed by atoms with van der Waals surface area (Å²) in [6, 6.07) is 0.408. The van der Waals surface area contributed by atoms with Crippen LogP contribution >= 0.6 is 0 Å². The molecular weight excluding hydrogens is 148 g/mol. The zero-order valence-corrected chi connectivity index (χ0v) is 8.34. The summed E-state index contributed by atoms with van der Waals surface area (Å²) in [5, 5.41) is 0. The lowest BCUT2D eigenvalue weighted by Crippen LogP contribution is -2.37. The molecule has 0 bridgehead atoms. The summed E-state index contributed by atoms with van der Waals surface area (Å²) in [4.78, 5) is 0. The lowest BCUT2D eigenvalue weighted by atomic mass is 9.69. The van der Waals surface area contributed by atoms with E-state index in [4.69, 9.17) is 11.5 Å². The lowest BCUT2D eigenvalue weighted by Gasteiger charge is -2.38. The van der Waals surface area contributed by atoms with E-state index in [0.29, 0.717) is 11.5 Å². The van der Waals surface area contributed by atoms with Gasteiger partial charge in [-0.15, -0.1) is 0 Å². The molecule has 1 rings (SSSR count). The third kappa shape index (κ3) is 2.76. The van der Waals surface area contributed by atoms with Crippen LogP contribution in [0.5, 0.6) is 0 Å². The second kappa shape index (κ2) is 3.75. The Kier molecular flexibility index (Phi) is 3.13. The van der Waals surface area contributed by atoms with Gasteiger partial charge in [0.15, 0.2) is 0 Å². The van der Waals surface area contributed by atoms with Gasteiger partial charge in [0.25, 0.3) is 0 Å². The molecule has 72 valence electrons. The monoisotopic (exact) mass is 170 g/mol. The van der Waals surface area contributed by atoms with Crippen molar-refractivity contribution in [3.63, 3.8) is 0 Å². The van der Waals surface area contributed by atoms with Crippen molar-refractivity contribution in [2.75, 3.05) is 6.54 Å². The summed E-state index contributed by atoms with van der Waals surface area (Å²) in [5.74, 6) is 0.772. The van der Waals surface area contributed by atoms with Crippen molar-refractivity contribution in [1.29, 1.82) is 0 Å². The average Bonchev–Trinajstić information content (AvgIpc) is 1.82. The Hall–Kier alpha value is -0.0800. The number of rotatable bonds is 2. The molecule has 0 amide bonds. The summed E-state index contributed by atoms with van der Waals surface area (Å²) in [5.41, 5.74) is 12.0. The SMILES string of the molecule is CC1(C)CC(N)CC(CCN)C1. The molecular formula is C10H22N2. The highest BCUT2D eigenvalue weighted by atomic mass is 14.7. The Balaban J connectivity index is 2.46. The Morgan fingerprint density at radius 2 is 2.00 bits per heavy atom. The van der Waals surface area contributed by atoms with Crippen LogP contribution in [0.4, 0.5) is 0 Å². The third-order valence-electron chi connectivity index (χ3n) is 2.87. The van der Waals surface area contributed by atoms with Gasteiger partial charge >= 0.3 is 0 Å². The Labute approximate surface area is 75.7 Å². The van der Waals surface area contributed by atoms with Gasteiger partial charge in [-0.2, -0.15) is 0 Å². The molecule has 12 heavy (non-hydrogen) atoms. The molecule has 4 N–H and O–H groups in total. The van der Waals surface area contributed by atoms with Gasteiger partial charge in [0.05, 0.1) is 0 Å². The molecule has 0 aliphatic heterocycles. The molecule has 0 aromatic heterocycles. The first-order valence-corrected chi connectivity index (χ1v) is 4.99. The fourth-order valence-electron chi connectivity index (χ4n) is 2.63. The first-order valence-electron chi connectivity index (χ1n) is 4.99. The third-order valence-corrected chi connectivity index (χ3v) is 2.87. The Bertz CT molecular complexity index is 143. The molecule has 0 heterocycles. The maximum Gasteiger partial charge on any atom is 0.00465 e. The van der Waals surface area contributed by atoms with Gasteiger partial charge in [-0.1, -0.05) is 13.8 Å². The van der Waals surface area contributed by atoms with Crippen LogP contribution in [0.2, 0.25) is 0 Å². The van der Waals surface area contributed by atoms with Crippen molar-refractivity contribution in [3.05, 3.63) is 0 Å². The molecule has 0 aromatic rings. The minimum absolute atomic E-state index is 0.408. The minimum atomic E-state index is 0.408. The molecule has 0 saturated heterocycles.